The number of ether oxygens (including phenoxy) is 2. The number of piperidine rings is 1. The molecule has 3 fully saturated rings. The number of nitrogens with zero attached hydrogens (tertiary/aromatic N) is 1. The number of rotatable bonds is 8. The van der Waals surface area contributed by atoms with Crippen LogP contribution in [0.25, 0.3) is 6.08 Å². The summed E-state index contributed by atoms with van der Waals surface area (Å²) in [5, 5.41) is 3.28. The third kappa shape index (κ3) is 4.53. The van der Waals surface area contributed by atoms with Crippen LogP contribution in [0.4, 0.5) is 0 Å². The number of carbonyl (C=O) groups excluding carboxylic acids is 1. The van der Waals surface area contributed by atoms with E-state index in [9.17, 15) is 4.79 Å². The predicted octanol–water partition coefficient (Wildman–Crippen LogP) is 4.41. The highest BCUT2D eigenvalue weighted by atomic mass is 16.5. The van der Waals surface area contributed by atoms with E-state index in [2.05, 4.69) is 28.4 Å². The van der Waals surface area contributed by atoms with Crippen LogP contribution >= 0.6 is 0 Å². The summed E-state index contributed by atoms with van der Waals surface area (Å²) in [6, 6.07) is 10.4. The van der Waals surface area contributed by atoms with Crippen LogP contribution in [-0.2, 0) is 14.9 Å². The molecule has 34 heavy (non-hydrogen) atoms. The fraction of sp³-hybridized carbons (Fsp3) is 0.536. The topological polar surface area (TPSA) is 63.9 Å². The van der Waals surface area contributed by atoms with Crippen molar-refractivity contribution in [3.63, 3.8) is 0 Å². The lowest BCUT2D eigenvalue weighted by molar-refractivity contribution is -0.150. The summed E-state index contributed by atoms with van der Waals surface area (Å²) >= 11 is 0. The quantitative estimate of drug-likeness (QED) is 0.587. The van der Waals surface area contributed by atoms with Crippen molar-refractivity contribution in [3.05, 3.63) is 60.1 Å². The molecule has 0 unspecified atom stereocenters. The number of furan rings is 1. The van der Waals surface area contributed by atoms with E-state index in [1.165, 1.54) is 24.9 Å². The Morgan fingerprint density at radius 1 is 1.24 bits per heavy atom. The molecule has 182 valence electrons. The summed E-state index contributed by atoms with van der Waals surface area (Å²) in [6.07, 6.45) is 13.0. The zero-order valence-corrected chi connectivity index (χ0v) is 20.3. The Labute approximate surface area is 202 Å². The number of amides is 1. The van der Waals surface area contributed by atoms with Crippen molar-refractivity contribution in [2.45, 2.75) is 55.6 Å². The van der Waals surface area contributed by atoms with E-state index < -0.39 is 0 Å². The first-order chi connectivity index (χ1) is 16.6. The molecular weight excluding hydrogens is 428 g/mol. The van der Waals surface area contributed by atoms with Gasteiger partial charge in [-0.25, -0.2) is 0 Å². The summed E-state index contributed by atoms with van der Waals surface area (Å²) < 4.78 is 17.2. The lowest BCUT2D eigenvalue weighted by Crippen LogP contribution is -2.68. The van der Waals surface area contributed by atoms with Crippen LogP contribution in [0.15, 0.2) is 53.4 Å². The molecule has 1 aromatic carbocycles. The molecule has 2 aliphatic carbocycles. The lowest BCUT2D eigenvalue weighted by atomic mass is 9.55. The van der Waals surface area contributed by atoms with Crippen molar-refractivity contribution in [1.29, 1.82) is 0 Å². The summed E-state index contributed by atoms with van der Waals surface area (Å²) in [5.41, 5.74) is 1.68. The molecule has 6 heteroatoms. The van der Waals surface area contributed by atoms with Gasteiger partial charge in [0.15, 0.2) is 0 Å². The monoisotopic (exact) mass is 464 g/mol. The zero-order chi connectivity index (χ0) is 23.6. The van der Waals surface area contributed by atoms with Crippen molar-refractivity contribution in [1.82, 2.24) is 10.2 Å². The fourth-order valence-corrected chi connectivity index (χ4v) is 6.25. The molecule has 0 radical (unpaired) electrons. The molecule has 2 saturated carbocycles. The normalized spacial score (nSPS) is 29.6. The third-order valence-corrected chi connectivity index (χ3v) is 8.24. The Kier molecular flexibility index (Phi) is 6.54. The highest BCUT2D eigenvalue weighted by molar-refractivity contribution is 5.91. The van der Waals surface area contributed by atoms with Gasteiger partial charge in [-0.1, -0.05) is 12.1 Å². The molecule has 1 N–H and O–H groups in total. The molecular formula is C28H36N2O4. The third-order valence-electron chi connectivity index (χ3n) is 8.24. The first kappa shape index (κ1) is 23.2. The molecule has 1 amide bonds. The standard InChI is InChI=1S/C28H36N2O4/c1-32-25-5-3-4-23(16-25)27-13-14-30(18-21-6-7-21)20-28(27,33-2)12-10-24(17-27)29-26(31)9-8-22-11-15-34-19-22/h3-5,8-9,11,15-16,19,21,24H,6-7,10,12-14,17-18,20H2,1-2H3,(H,29,31)/t24-,27+,28+/m1/s1. The van der Waals surface area contributed by atoms with Crippen molar-refractivity contribution >= 4 is 12.0 Å². The van der Waals surface area contributed by atoms with Gasteiger partial charge in [0, 0.05) is 43.3 Å². The summed E-state index contributed by atoms with van der Waals surface area (Å²) in [6.45, 7) is 3.18. The number of fused-ring (bicyclic) bond motifs is 1. The maximum absolute atomic E-state index is 12.7. The van der Waals surface area contributed by atoms with Gasteiger partial charge in [-0.15, -0.1) is 0 Å². The molecule has 2 aromatic rings. The number of hydrogen-bond donors (Lipinski definition) is 1. The first-order valence-corrected chi connectivity index (χ1v) is 12.5. The Hall–Kier alpha value is -2.57. The van der Waals surface area contributed by atoms with Crippen molar-refractivity contribution in [2.24, 2.45) is 5.92 Å². The van der Waals surface area contributed by atoms with Crippen LogP contribution in [0.3, 0.4) is 0 Å². The number of nitrogens with one attached hydrogen (secondary N) is 1. The molecule has 1 saturated heterocycles. The average molecular weight is 465 g/mol. The number of likely N-dealkylation sites (tertiary alicyclic amines) is 1. The van der Waals surface area contributed by atoms with E-state index in [1.54, 1.807) is 31.8 Å². The number of methoxy groups -OCH3 is 2. The van der Waals surface area contributed by atoms with Gasteiger partial charge in [-0.3, -0.25) is 4.79 Å². The van der Waals surface area contributed by atoms with Crippen molar-refractivity contribution in [2.75, 3.05) is 33.9 Å². The minimum atomic E-state index is -0.277. The number of benzene rings is 1. The number of hydrogen-bond acceptors (Lipinski definition) is 5. The van der Waals surface area contributed by atoms with E-state index >= 15 is 0 Å². The Bertz CT molecular complexity index is 1020. The highest BCUT2D eigenvalue weighted by Gasteiger charge is 2.59. The second kappa shape index (κ2) is 9.59. The molecule has 0 spiro atoms. The molecule has 1 aliphatic heterocycles. The van der Waals surface area contributed by atoms with Gasteiger partial charge in [0.1, 0.15) is 5.75 Å². The zero-order valence-electron chi connectivity index (χ0n) is 20.3. The SMILES string of the molecule is COc1cccc([C@@]23CCN(CC4CC4)C[C@@]2(OC)CC[C@@H](NC(=O)C=Cc2ccoc2)C3)c1. The van der Waals surface area contributed by atoms with E-state index in [-0.39, 0.29) is 23.0 Å². The Morgan fingerprint density at radius 2 is 2.12 bits per heavy atom. The van der Waals surface area contributed by atoms with E-state index in [4.69, 9.17) is 13.9 Å². The van der Waals surface area contributed by atoms with Crippen LogP contribution in [0.1, 0.15) is 49.7 Å². The predicted molar refractivity (Wildman–Crippen MR) is 132 cm³/mol. The lowest BCUT2D eigenvalue weighted by Gasteiger charge is -2.60. The minimum Gasteiger partial charge on any atom is -0.497 e. The van der Waals surface area contributed by atoms with E-state index in [0.29, 0.717) is 0 Å². The largest absolute Gasteiger partial charge is 0.497 e. The second-order valence-electron chi connectivity index (χ2n) is 10.3. The molecule has 1 aromatic heterocycles. The van der Waals surface area contributed by atoms with Gasteiger partial charge in [-0.2, -0.15) is 0 Å². The Balaban J connectivity index is 1.41. The number of carbonyl (C=O) groups is 1. The van der Waals surface area contributed by atoms with Crippen LogP contribution in [0.2, 0.25) is 0 Å². The van der Waals surface area contributed by atoms with Gasteiger partial charge in [0.25, 0.3) is 0 Å². The first-order valence-electron chi connectivity index (χ1n) is 12.5. The van der Waals surface area contributed by atoms with Crippen molar-refractivity contribution in [3.8, 4) is 5.75 Å². The molecule has 3 aliphatic rings. The van der Waals surface area contributed by atoms with Crippen LogP contribution in [0, 0.1) is 5.92 Å². The van der Waals surface area contributed by atoms with Gasteiger partial charge in [0.2, 0.25) is 5.91 Å². The van der Waals surface area contributed by atoms with Gasteiger partial charge in [0.05, 0.1) is 25.2 Å². The average Bonchev–Trinajstić information content (AvgIpc) is 3.52. The molecule has 2 heterocycles. The molecule has 6 nitrogen and oxygen atoms in total. The second-order valence-corrected chi connectivity index (χ2v) is 10.3. The fourth-order valence-electron chi connectivity index (χ4n) is 6.25. The van der Waals surface area contributed by atoms with Crippen molar-refractivity contribution < 1.29 is 18.7 Å². The van der Waals surface area contributed by atoms with Crippen LogP contribution < -0.4 is 10.1 Å². The summed E-state index contributed by atoms with van der Waals surface area (Å²) in [5.74, 6) is 1.66. The molecule has 5 rings (SSSR count). The summed E-state index contributed by atoms with van der Waals surface area (Å²) in [4.78, 5) is 15.4. The molecule has 3 atom stereocenters. The van der Waals surface area contributed by atoms with Crippen LogP contribution in [-0.4, -0.2) is 56.3 Å². The van der Waals surface area contributed by atoms with Gasteiger partial charge in [-0.05, 0) is 80.8 Å². The van der Waals surface area contributed by atoms with E-state index in [1.807, 2.05) is 19.2 Å². The maximum Gasteiger partial charge on any atom is 0.244 e. The van der Waals surface area contributed by atoms with Crippen LogP contribution in [0.5, 0.6) is 5.75 Å². The van der Waals surface area contributed by atoms with E-state index in [0.717, 1.165) is 56.0 Å². The maximum atomic E-state index is 12.7. The molecule has 0 bridgehead atoms. The highest BCUT2D eigenvalue weighted by Crippen LogP contribution is 2.54. The minimum absolute atomic E-state index is 0.0666. The Morgan fingerprint density at radius 3 is 2.85 bits per heavy atom. The van der Waals surface area contributed by atoms with Gasteiger partial charge < -0.3 is 24.1 Å². The summed E-state index contributed by atoms with van der Waals surface area (Å²) in [7, 11) is 3.59. The van der Waals surface area contributed by atoms with Gasteiger partial charge >= 0.3 is 0 Å². The smallest absolute Gasteiger partial charge is 0.244 e.